The third kappa shape index (κ3) is 4.59. The van der Waals surface area contributed by atoms with Crippen LogP contribution < -0.4 is 4.74 Å². The second-order valence-electron chi connectivity index (χ2n) is 3.33. The number of aromatic nitrogens is 1. The Labute approximate surface area is 94.6 Å². The Bertz CT molecular complexity index is 374. The van der Waals surface area contributed by atoms with Gasteiger partial charge >= 0.3 is 5.97 Å². The summed E-state index contributed by atoms with van der Waals surface area (Å²) >= 11 is 0. The largest absolute Gasteiger partial charge is 0.492 e. The lowest BCUT2D eigenvalue weighted by Gasteiger charge is -2.04. The molecule has 4 nitrogen and oxygen atoms in total. The molecule has 0 aliphatic rings. The first kappa shape index (κ1) is 12.2. The summed E-state index contributed by atoms with van der Waals surface area (Å²) in [6, 6.07) is 1.77. The van der Waals surface area contributed by atoms with Crippen molar-refractivity contribution in [1.82, 2.24) is 4.98 Å². The molecule has 0 atom stereocenters. The molecule has 4 heteroatoms. The van der Waals surface area contributed by atoms with Gasteiger partial charge in [-0.25, -0.2) is 4.79 Å². The lowest BCUT2D eigenvalue weighted by Crippen LogP contribution is -1.97. The minimum absolute atomic E-state index is 0.657. The number of hydrogen-bond donors (Lipinski definition) is 1. The average molecular weight is 221 g/mol. The predicted octanol–water partition coefficient (Wildman–Crippen LogP) is 2.36. The van der Waals surface area contributed by atoms with Crippen molar-refractivity contribution in [2.75, 3.05) is 6.61 Å². The van der Waals surface area contributed by atoms with Crippen LogP contribution in [0.2, 0.25) is 0 Å². The third-order valence-electron chi connectivity index (χ3n) is 1.92. The van der Waals surface area contributed by atoms with Crippen LogP contribution in [-0.2, 0) is 4.79 Å². The number of ether oxygens (including phenoxy) is 1. The lowest BCUT2D eigenvalue weighted by molar-refractivity contribution is -0.131. The van der Waals surface area contributed by atoms with Gasteiger partial charge in [-0.2, -0.15) is 0 Å². The van der Waals surface area contributed by atoms with E-state index in [9.17, 15) is 4.79 Å². The molecule has 0 aromatic carbocycles. The second kappa shape index (κ2) is 6.61. The van der Waals surface area contributed by atoms with E-state index in [1.807, 2.05) is 0 Å². The standard InChI is InChI=1S/C12H15NO3/c1-2-3-6-16-11-7-10(8-13-9-11)4-5-12(14)15/h4-5,7-9H,2-3,6H2,1H3,(H,14,15)/b5-4+. The zero-order valence-corrected chi connectivity index (χ0v) is 9.22. The van der Waals surface area contributed by atoms with E-state index in [0.29, 0.717) is 12.4 Å². The van der Waals surface area contributed by atoms with E-state index in [0.717, 1.165) is 24.5 Å². The topological polar surface area (TPSA) is 59.4 Å². The summed E-state index contributed by atoms with van der Waals surface area (Å²) in [4.78, 5) is 14.3. The van der Waals surface area contributed by atoms with Crippen LogP contribution in [0.4, 0.5) is 0 Å². The molecule has 0 unspecified atom stereocenters. The van der Waals surface area contributed by atoms with Crippen LogP contribution in [0.5, 0.6) is 5.75 Å². The number of aliphatic carboxylic acids is 1. The molecule has 16 heavy (non-hydrogen) atoms. The fraction of sp³-hybridized carbons (Fsp3) is 0.333. The third-order valence-corrected chi connectivity index (χ3v) is 1.92. The van der Waals surface area contributed by atoms with Crippen molar-refractivity contribution in [1.29, 1.82) is 0 Å². The molecule has 1 aromatic heterocycles. The van der Waals surface area contributed by atoms with Gasteiger partial charge in [0.25, 0.3) is 0 Å². The van der Waals surface area contributed by atoms with Crippen LogP contribution in [0.1, 0.15) is 25.3 Å². The van der Waals surface area contributed by atoms with Crippen molar-refractivity contribution in [2.24, 2.45) is 0 Å². The highest BCUT2D eigenvalue weighted by Gasteiger charge is 1.96. The summed E-state index contributed by atoms with van der Waals surface area (Å²) in [5.41, 5.74) is 0.719. The van der Waals surface area contributed by atoms with Crippen LogP contribution >= 0.6 is 0 Å². The molecular weight excluding hydrogens is 206 g/mol. The normalized spacial score (nSPS) is 10.6. The van der Waals surface area contributed by atoms with E-state index in [1.165, 1.54) is 6.08 Å². The molecule has 1 heterocycles. The van der Waals surface area contributed by atoms with E-state index in [-0.39, 0.29) is 0 Å². The average Bonchev–Trinajstić information content (AvgIpc) is 2.27. The Kier molecular flexibility index (Phi) is 5.05. The molecule has 1 rings (SSSR count). The quantitative estimate of drug-likeness (QED) is 0.591. The first-order chi connectivity index (χ1) is 7.72. The molecule has 0 aliphatic heterocycles. The van der Waals surface area contributed by atoms with Crippen molar-refractivity contribution in [3.8, 4) is 5.75 Å². The maximum atomic E-state index is 10.3. The van der Waals surface area contributed by atoms with Crippen molar-refractivity contribution in [3.05, 3.63) is 30.1 Å². The summed E-state index contributed by atoms with van der Waals surface area (Å²) in [5, 5.41) is 8.48. The van der Waals surface area contributed by atoms with Gasteiger partial charge in [-0.05, 0) is 24.1 Å². The summed E-state index contributed by atoms with van der Waals surface area (Å²) in [7, 11) is 0. The highest BCUT2D eigenvalue weighted by molar-refractivity contribution is 5.85. The fourth-order valence-corrected chi connectivity index (χ4v) is 1.11. The Balaban J connectivity index is 2.60. The molecule has 0 radical (unpaired) electrons. The SMILES string of the molecule is CCCCOc1cncc(/C=C/C(=O)O)c1. The van der Waals surface area contributed by atoms with Gasteiger partial charge in [0.1, 0.15) is 5.75 Å². The molecule has 1 N–H and O–H groups in total. The molecule has 0 amide bonds. The monoisotopic (exact) mass is 221 g/mol. The molecule has 0 spiro atoms. The molecule has 0 saturated heterocycles. The van der Waals surface area contributed by atoms with E-state index < -0.39 is 5.97 Å². The zero-order chi connectivity index (χ0) is 11.8. The van der Waals surface area contributed by atoms with Crippen LogP contribution in [-0.4, -0.2) is 22.7 Å². The van der Waals surface area contributed by atoms with Crippen LogP contribution in [0.15, 0.2) is 24.5 Å². The van der Waals surface area contributed by atoms with Crippen LogP contribution in [0.25, 0.3) is 6.08 Å². The van der Waals surface area contributed by atoms with E-state index >= 15 is 0 Å². The summed E-state index contributed by atoms with van der Waals surface area (Å²) in [5.74, 6) is -0.307. The highest BCUT2D eigenvalue weighted by atomic mass is 16.5. The van der Waals surface area contributed by atoms with Gasteiger partial charge in [0, 0.05) is 12.3 Å². The number of unbranched alkanes of at least 4 members (excludes halogenated alkanes) is 1. The van der Waals surface area contributed by atoms with Crippen molar-refractivity contribution < 1.29 is 14.6 Å². The number of carboxylic acids is 1. The maximum absolute atomic E-state index is 10.3. The number of rotatable bonds is 6. The minimum Gasteiger partial charge on any atom is -0.492 e. The van der Waals surface area contributed by atoms with Gasteiger partial charge in [-0.3, -0.25) is 4.98 Å². The van der Waals surface area contributed by atoms with E-state index in [1.54, 1.807) is 18.5 Å². The van der Waals surface area contributed by atoms with Crippen molar-refractivity contribution in [2.45, 2.75) is 19.8 Å². The summed E-state index contributed by atoms with van der Waals surface area (Å²) in [6.45, 7) is 2.75. The van der Waals surface area contributed by atoms with Gasteiger partial charge in [-0.15, -0.1) is 0 Å². The van der Waals surface area contributed by atoms with Crippen molar-refractivity contribution >= 4 is 12.0 Å². The Morgan fingerprint density at radius 1 is 1.56 bits per heavy atom. The number of pyridine rings is 1. The highest BCUT2D eigenvalue weighted by Crippen LogP contribution is 2.12. The fourth-order valence-electron chi connectivity index (χ4n) is 1.11. The molecule has 0 fully saturated rings. The number of nitrogens with zero attached hydrogens (tertiary/aromatic N) is 1. The van der Waals surface area contributed by atoms with Gasteiger partial charge in [0.15, 0.2) is 0 Å². The van der Waals surface area contributed by atoms with E-state index in [2.05, 4.69) is 11.9 Å². The lowest BCUT2D eigenvalue weighted by atomic mass is 10.2. The molecule has 0 saturated carbocycles. The Hall–Kier alpha value is -1.84. The van der Waals surface area contributed by atoms with Crippen LogP contribution in [0, 0.1) is 0 Å². The van der Waals surface area contributed by atoms with Gasteiger partial charge < -0.3 is 9.84 Å². The van der Waals surface area contributed by atoms with Gasteiger partial charge in [0.05, 0.1) is 12.8 Å². The van der Waals surface area contributed by atoms with Gasteiger partial charge in [0.2, 0.25) is 0 Å². The molecule has 0 aliphatic carbocycles. The first-order valence-corrected chi connectivity index (χ1v) is 5.21. The van der Waals surface area contributed by atoms with Crippen LogP contribution in [0.3, 0.4) is 0 Å². The number of carbonyl (C=O) groups is 1. The zero-order valence-electron chi connectivity index (χ0n) is 9.22. The predicted molar refractivity (Wildman–Crippen MR) is 61.3 cm³/mol. The summed E-state index contributed by atoms with van der Waals surface area (Å²) in [6.07, 6.45) is 7.84. The molecule has 86 valence electrons. The Morgan fingerprint density at radius 3 is 3.06 bits per heavy atom. The van der Waals surface area contributed by atoms with Crippen molar-refractivity contribution in [3.63, 3.8) is 0 Å². The molecular formula is C12H15NO3. The Morgan fingerprint density at radius 2 is 2.38 bits per heavy atom. The first-order valence-electron chi connectivity index (χ1n) is 5.21. The van der Waals surface area contributed by atoms with Gasteiger partial charge in [-0.1, -0.05) is 13.3 Å². The minimum atomic E-state index is -0.975. The van der Waals surface area contributed by atoms with E-state index in [4.69, 9.17) is 9.84 Å². The summed E-state index contributed by atoms with van der Waals surface area (Å²) < 4.78 is 5.45. The number of carboxylic acid groups (broad SMARTS) is 1. The molecule has 0 bridgehead atoms. The molecule has 1 aromatic rings. The smallest absolute Gasteiger partial charge is 0.328 e. The maximum Gasteiger partial charge on any atom is 0.328 e. The number of hydrogen-bond acceptors (Lipinski definition) is 3. The second-order valence-corrected chi connectivity index (χ2v) is 3.33.